The van der Waals surface area contributed by atoms with E-state index in [1.165, 1.54) is 12.4 Å². The molecule has 9 heteroatoms. The number of aromatic nitrogens is 5. The molecule has 0 saturated heterocycles. The predicted molar refractivity (Wildman–Crippen MR) is 104 cm³/mol. The summed E-state index contributed by atoms with van der Waals surface area (Å²) in [6.07, 6.45) is 2.33. The summed E-state index contributed by atoms with van der Waals surface area (Å²) in [5, 5.41) is 5.12. The molecular weight excluding hydrogens is 383 g/mol. The maximum atomic E-state index is 15.1. The lowest BCUT2D eigenvalue weighted by Gasteiger charge is -2.17. The summed E-state index contributed by atoms with van der Waals surface area (Å²) in [6.45, 7) is 1.77. The quantitative estimate of drug-likeness (QED) is 0.559. The van der Waals surface area contributed by atoms with E-state index in [2.05, 4.69) is 20.1 Å². The summed E-state index contributed by atoms with van der Waals surface area (Å²) in [6, 6.07) is 8.15. The van der Waals surface area contributed by atoms with Gasteiger partial charge < -0.3 is 10.5 Å². The van der Waals surface area contributed by atoms with Crippen LogP contribution in [0.5, 0.6) is 5.75 Å². The fourth-order valence-electron chi connectivity index (χ4n) is 3.00. The Kier molecular flexibility index (Phi) is 4.56. The van der Waals surface area contributed by atoms with Crippen LogP contribution in [0.25, 0.3) is 22.0 Å². The van der Waals surface area contributed by atoms with Crippen LogP contribution in [0.4, 0.5) is 10.2 Å². The fraction of sp³-hybridized carbons (Fsp3) is 0.158. The zero-order valence-corrected chi connectivity index (χ0v) is 15.9. The van der Waals surface area contributed by atoms with Crippen molar-refractivity contribution in [2.45, 2.75) is 13.0 Å². The molecule has 2 heterocycles. The fourth-order valence-corrected chi connectivity index (χ4v) is 3.19. The molecule has 2 aromatic heterocycles. The minimum atomic E-state index is -0.527. The van der Waals surface area contributed by atoms with Crippen LogP contribution < -0.4 is 10.5 Å². The number of anilines is 1. The molecule has 4 aromatic rings. The molecule has 0 aliphatic carbocycles. The lowest BCUT2D eigenvalue weighted by molar-refractivity contribution is 0.218. The molecule has 1 atom stereocenters. The molecule has 0 spiro atoms. The van der Waals surface area contributed by atoms with Crippen molar-refractivity contribution in [3.63, 3.8) is 0 Å². The zero-order valence-electron chi connectivity index (χ0n) is 15.1. The van der Waals surface area contributed by atoms with Gasteiger partial charge in [0.1, 0.15) is 30.0 Å². The third-order valence-electron chi connectivity index (χ3n) is 4.25. The second-order valence-electron chi connectivity index (χ2n) is 6.26. The van der Waals surface area contributed by atoms with Crippen molar-refractivity contribution in [3.8, 4) is 16.9 Å². The Morgan fingerprint density at radius 3 is 2.75 bits per heavy atom. The van der Waals surface area contributed by atoms with E-state index in [4.69, 9.17) is 22.1 Å². The molecule has 28 heavy (non-hydrogen) atoms. The average Bonchev–Trinajstić information content (AvgIpc) is 3.08. The van der Waals surface area contributed by atoms with Crippen LogP contribution >= 0.6 is 11.6 Å². The van der Waals surface area contributed by atoms with Crippen LogP contribution in [0, 0.1) is 5.82 Å². The summed E-state index contributed by atoms with van der Waals surface area (Å²) in [5.41, 5.74) is 7.29. The Morgan fingerprint density at radius 2 is 2.04 bits per heavy atom. The molecule has 0 saturated carbocycles. The molecule has 7 nitrogen and oxygen atoms in total. The summed E-state index contributed by atoms with van der Waals surface area (Å²) >= 11 is 6.08. The van der Waals surface area contributed by atoms with Gasteiger partial charge in [-0.05, 0) is 24.6 Å². The van der Waals surface area contributed by atoms with E-state index >= 15 is 4.39 Å². The molecule has 0 aliphatic rings. The molecule has 4 rings (SSSR count). The van der Waals surface area contributed by atoms with Crippen molar-refractivity contribution in [3.05, 3.63) is 59.7 Å². The third kappa shape index (κ3) is 3.22. The van der Waals surface area contributed by atoms with Gasteiger partial charge in [-0.1, -0.05) is 23.7 Å². The number of nitrogens with two attached hydrogens (primary N) is 1. The van der Waals surface area contributed by atoms with E-state index in [-0.39, 0.29) is 17.1 Å². The Bertz CT molecular complexity index is 1180. The first kappa shape index (κ1) is 18.1. The van der Waals surface area contributed by atoms with Crippen molar-refractivity contribution >= 4 is 28.3 Å². The van der Waals surface area contributed by atoms with Crippen LogP contribution in [-0.4, -0.2) is 24.7 Å². The monoisotopic (exact) mass is 398 g/mol. The minimum absolute atomic E-state index is 0.185. The molecule has 2 aromatic carbocycles. The van der Waals surface area contributed by atoms with Gasteiger partial charge in [-0.25, -0.2) is 19.3 Å². The van der Waals surface area contributed by atoms with Gasteiger partial charge >= 0.3 is 0 Å². The van der Waals surface area contributed by atoms with Crippen LogP contribution in [0.1, 0.15) is 18.9 Å². The van der Waals surface area contributed by atoms with Crippen LogP contribution in [0.15, 0.2) is 43.0 Å². The molecule has 0 radical (unpaired) electrons. The molecule has 0 fully saturated rings. The minimum Gasteiger partial charge on any atom is -0.482 e. The van der Waals surface area contributed by atoms with Gasteiger partial charge in [0, 0.05) is 23.7 Å². The average molecular weight is 399 g/mol. The van der Waals surface area contributed by atoms with Gasteiger partial charge in [0.25, 0.3) is 0 Å². The topological polar surface area (TPSA) is 91.7 Å². The van der Waals surface area contributed by atoms with Crippen LogP contribution in [0.2, 0.25) is 5.02 Å². The smallest absolute Gasteiger partial charge is 0.191 e. The Hall–Kier alpha value is -3.26. The van der Waals surface area contributed by atoms with Crippen LogP contribution in [-0.2, 0) is 7.05 Å². The van der Waals surface area contributed by atoms with Crippen molar-refractivity contribution < 1.29 is 9.13 Å². The van der Waals surface area contributed by atoms with Gasteiger partial charge in [0.2, 0.25) is 0 Å². The van der Waals surface area contributed by atoms with Gasteiger partial charge in [-0.3, -0.25) is 4.68 Å². The number of nitrogen functional groups attached to an aromatic ring is 1. The van der Waals surface area contributed by atoms with Crippen molar-refractivity contribution in [1.29, 1.82) is 0 Å². The third-order valence-corrected chi connectivity index (χ3v) is 4.49. The second-order valence-corrected chi connectivity index (χ2v) is 6.70. The highest BCUT2D eigenvalue weighted by molar-refractivity contribution is 6.30. The Balaban J connectivity index is 1.88. The number of benzene rings is 2. The Labute approximate surface area is 165 Å². The molecular formula is C19H16ClFN6O. The van der Waals surface area contributed by atoms with E-state index in [0.717, 1.165) is 0 Å². The lowest BCUT2D eigenvalue weighted by atomic mass is 10.0. The summed E-state index contributed by atoms with van der Waals surface area (Å²) in [4.78, 5) is 12.5. The van der Waals surface area contributed by atoms with E-state index in [1.54, 1.807) is 49.2 Å². The number of ether oxygens (including phenoxy) is 1. The second kappa shape index (κ2) is 7.05. The first-order valence-corrected chi connectivity index (χ1v) is 8.82. The van der Waals surface area contributed by atoms with E-state index < -0.39 is 11.9 Å². The molecule has 2 N–H and O–H groups in total. The zero-order chi connectivity index (χ0) is 19.8. The number of hydrogen-bond donors (Lipinski definition) is 1. The molecule has 0 bridgehead atoms. The van der Waals surface area contributed by atoms with E-state index in [0.29, 0.717) is 27.3 Å². The van der Waals surface area contributed by atoms with Crippen molar-refractivity contribution in [1.82, 2.24) is 24.7 Å². The van der Waals surface area contributed by atoms with Gasteiger partial charge in [-0.2, -0.15) is 5.10 Å². The predicted octanol–water partition coefficient (Wildman–Crippen LogP) is 3.94. The summed E-state index contributed by atoms with van der Waals surface area (Å²) in [5.74, 6) is 0.357. The number of halogens is 2. The maximum Gasteiger partial charge on any atom is 0.191 e. The SMILES string of the molecule is C[C@H](Oc1cc(F)c(-c2cccc(Cl)c2)c2ncnc(N)c12)c1ncn(C)n1. The normalized spacial score (nSPS) is 12.3. The standard InChI is InChI=1S/C19H16ClFN6O/c1-10(19-25-9-27(2)26-19)28-14-7-13(21)15(11-4-3-5-12(20)6-11)17-16(14)18(22)24-8-23-17/h3-10H,1-2H3,(H2,22,23,24)/t10-/m0/s1. The van der Waals surface area contributed by atoms with Crippen LogP contribution in [0.3, 0.4) is 0 Å². The number of hydrogen-bond acceptors (Lipinski definition) is 6. The highest BCUT2D eigenvalue weighted by Gasteiger charge is 2.21. The van der Waals surface area contributed by atoms with E-state index in [1.807, 2.05) is 0 Å². The summed E-state index contributed by atoms with van der Waals surface area (Å²) in [7, 11) is 1.75. The molecule has 0 aliphatic heterocycles. The number of aryl methyl sites for hydroxylation is 1. The summed E-state index contributed by atoms with van der Waals surface area (Å²) < 4.78 is 22.6. The maximum absolute atomic E-state index is 15.1. The van der Waals surface area contributed by atoms with E-state index in [9.17, 15) is 0 Å². The first-order chi connectivity index (χ1) is 13.4. The first-order valence-electron chi connectivity index (χ1n) is 8.45. The number of nitrogens with zero attached hydrogens (tertiary/aromatic N) is 5. The number of fused-ring (bicyclic) bond motifs is 1. The largest absolute Gasteiger partial charge is 0.482 e. The number of rotatable bonds is 4. The van der Waals surface area contributed by atoms with Crippen molar-refractivity contribution in [2.24, 2.45) is 7.05 Å². The highest BCUT2D eigenvalue weighted by Crippen LogP contribution is 2.39. The highest BCUT2D eigenvalue weighted by atomic mass is 35.5. The molecule has 142 valence electrons. The molecule has 0 amide bonds. The van der Waals surface area contributed by atoms with Gasteiger partial charge in [0.15, 0.2) is 11.9 Å². The van der Waals surface area contributed by atoms with Gasteiger partial charge in [0.05, 0.1) is 10.9 Å². The Morgan fingerprint density at radius 1 is 1.21 bits per heavy atom. The van der Waals surface area contributed by atoms with Crippen molar-refractivity contribution in [2.75, 3.05) is 5.73 Å². The molecule has 0 unspecified atom stereocenters. The lowest BCUT2D eigenvalue weighted by Crippen LogP contribution is -2.08. The van der Waals surface area contributed by atoms with Gasteiger partial charge in [-0.15, -0.1) is 0 Å².